The van der Waals surface area contributed by atoms with E-state index in [4.69, 9.17) is 5.73 Å². The molecule has 1 atom stereocenters. The van der Waals surface area contributed by atoms with E-state index in [1.165, 1.54) is 45.1 Å². The lowest BCUT2D eigenvalue weighted by Crippen LogP contribution is -2.44. The molecule has 0 fully saturated rings. The van der Waals surface area contributed by atoms with Crippen molar-refractivity contribution in [2.24, 2.45) is 5.73 Å². The fourth-order valence-corrected chi connectivity index (χ4v) is 2.35. The molecule has 110 valence electrons. The first-order valence-corrected chi connectivity index (χ1v) is 7.74. The standard InChI is InChI=1S/C15H35N3/c1-5-7-8-9-10-15(14-16)18(11-6-2)13-12-17(3)4/h15H,5-14,16H2,1-4H3. The van der Waals surface area contributed by atoms with Gasteiger partial charge in [0, 0.05) is 25.7 Å². The van der Waals surface area contributed by atoms with Crippen molar-refractivity contribution in [3.63, 3.8) is 0 Å². The summed E-state index contributed by atoms with van der Waals surface area (Å²) in [6.45, 7) is 8.79. The second-order valence-electron chi connectivity index (χ2n) is 5.58. The highest BCUT2D eigenvalue weighted by Gasteiger charge is 2.15. The lowest BCUT2D eigenvalue weighted by Gasteiger charge is -2.31. The number of nitrogens with zero attached hydrogens (tertiary/aromatic N) is 2. The molecule has 3 heteroatoms. The Balaban J connectivity index is 4.06. The lowest BCUT2D eigenvalue weighted by molar-refractivity contribution is 0.171. The maximum Gasteiger partial charge on any atom is 0.0218 e. The van der Waals surface area contributed by atoms with Crippen LogP contribution in [0.4, 0.5) is 0 Å². The summed E-state index contributed by atoms with van der Waals surface area (Å²) in [7, 11) is 4.28. The molecule has 0 aliphatic heterocycles. The minimum Gasteiger partial charge on any atom is -0.329 e. The minimum absolute atomic E-state index is 0.585. The van der Waals surface area contributed by atoms with Crippen LogP contribution in [0.5, 0.6) is 0 Å². The Hall–Kier alpha value is -0.120. The van der Waals surface area contributed by atoms with Crippen LogP contribution in [0.1, 0.15) is 52.4 Å². The SMILES string of the molecule is CCCCCCC(CN)N(CCC)CCN(C)C. The molecule has 0 aliphatic rings. The molecular weight excluding hydrogens is 222 g/mol. The van der Waals surface area contributed by atoms with E-state index in [9.17, 15) is 0 Å². The Morgan fingerprint density at radius 2 is 1.61 bits per heavy atom. The molecule has 0 saturated carbocycles. The number of nitrogens with two attached hydrogens (primary N) is 1. The summed E-state index contributed by atoms with van der Waals surface area (Å²) in [5.41, 5.74) is 5.97. The van der Waals surface area contributed by atoms with Crippen LogP contribution in [0.3, 0.4) is 0 Å². The summed E-state index contributed by atoms with van der Waals surface area (Å²) in [4.78, 5) is 4.85. The number of hydrogen-bond acceptors (Lipinski definition) is 3. The first-order chi connectivity index (χ1) is 8.65. The van der Waals surface area contributed by atoms with Crippen LogP contribution in [0.15, 0.2) is 0 Å². The monoisotopic (exact) mass is 257 g/mol. The summed E-state index contributed by atoms with van der Waals surface area (Å²) >= 11 is 0. The predicted molar refractivity (Wildman–Crippen MR) is 82.0 cm³/mol. The van der Waals surface area contributed by atoms with Crippen molar-refractivity contribution >= 4 is 0 Å². The summed E-state index contributed by atoms with van der Waals surface area (Å²) in [5, 5.41) is 0. The Labute approximate surface area is 115 Å². The molecule has 0 aromatic heterocycles. The zero-order valence-corrected chi connectivity index (χ0v) is 13.1. The normalized spacial score (nSPS) is 13.5. The van der Waals surface area contributed by atoms with Gasteiger partial charge in [-0.05, 0) is 33.5 Å². The highest BCUT2D eigenvalue weighted by atomic mass is 15.2. The van der Waals surface area contributed by atoms with Crippen LogP contribution in [-0.2, 0) is 0 Å². The fraction of sp³-hybridized carbons (Fsp3) is 1.00. The van der Waals surface area contributed by atoms with Crippen molar-refractivity contribution in [1.29, 1.82) is 0 Å². The van der Waals surface area contributed by atoms with Crippen molar-refractivity contribution in [2.75, 3.05) is 40.3 Å². The minimum atomic E-state index is 0.585. The maximum absolute atomic E-state index is 5.97. The number of rotatable bonds is 12. The van der Waals surface area contributed by atoms with Crippen molar-refractivity contribution < 1.29 is 0 Å². The summed E-state index contributed by atoms with van der Waals surface area (Å²) in [6.07, 6.45) is 7.86. The molecule has 0 bridgehead atoms. The smallest absolute Gasteiger partial charge is 0.0218 e. The number of likely N-dealkylation sites (N-methyl/N-ethyl adjacent to an activating group) is 1. The van der Waals surface area contributed by atoms with Crippen LogP contribution in [0.25, 0.3) is 0 Å². The first-order valence-electron chi connectivity index (χ1n) is 7.74. The summed E-state index contributed by atoms with van der Waals surface area (Å²) in [6, 6.07) is 0.585. The third-order valence-corrected chi connectivity index (χ3v) is 3.52. The summed E-state index contributed by atoms with van der Waals surface area (Å²) < 4.78 is 0. The van der Waals surface area contributed by atoms with E-state index >= 15 is 0 Å². The second-order valence-corrected chi connectivity index (χ2v) is 5.58. The van der Waals surface area contributed by atoms with E-state index in [0.29, 0.717) is 6.04 Å². The van der Waals surface area contributed by atoms with Crippen molar-refractivity contribution in [3.8, 4) is 0 Å². The van der Waals surface area contributed by atoms with Crippen molar-refractivity contribution in [2.45, 2.75) is 58.4 Å². The zero-order valence-electron chi connectivity index (χ0n) is 13.1. The molecule has 0 saturated heterocycles. The van der Waals surface area contributed by atoms with Gasteiger partial charge in [-0.1, -0.05) is 39.5 Å². The van der Waals surface area contributed by atoms with Crippen LogP contribution >= 0.6 is 0 Å². The molecule has 0 aliphatic carbocycles. The maximum atomic E-state index is 5.97. The highest BCUT2D eigenvalue weighted by Crippen LogP contribution is 2.11. The van der Waals surface area contributed by atoms with Gasteiger partial charge in [0.15, 0.2) is 0 Å². The number of hydrogen-bond donors (Lipinski definition) is 1. The van der Waals surface area contributed by atoms with E-state index in [1.54, 1.807) is 0 Å². The van der Waals surface area contributed by atoms with E-state index in [2.05, 4.69) is 37.7 Å². The molecule has 2 N–H and O–H groups in total. The second kappa shape index (κ2) is 11.9. The third-order valence-electron chi connectivity index (χ3n) is 3.52. The van der Waals surface area contributed by atoms with Gasteiger partial charge in [-0.15, -0.1) is 0 Å². The van der Waals surface area contributed by atoms with Crippen LogP contribution in [0.2, 0.25) is 0 Å². The average Bonchev–Trinajstić information content (AvgIpc) is 2.35. The average molecular weight is 257 g/mol. The third kappa shape index (κ3) is 8.90. The van der Waals surface area contributed by atoms with Gasteiger partial charge >= 0.3 is 0 Å². The molecule has 18 heavy (non-hydrogen) atoms. The molecule has 0 aromatic rings. The zero-order chi connectivity index (χ0) is 13.8. The van der Waals surface area contributed by atoms with E-state index in [1.807, 2.05) is 0 Å². The highest BCUT2D eigenvalue weighted by molar-refractivity contribution is 4.73. The first kappa shape index (κ1) is 17.9. The quantitative estimate of drug-likeness (QED) is 0.545. The van der Waals surface area contributed by atoms with Gasteiger partial charge in [0.25, 0.3) is 0 Å². The Morgan fingerprint density at radius 1 is 0.889 bits per heavy atom. The van der Waals surface area contributed by atoms with Gasteiger partial charge in [0.1, 0.15) is 0 Å². The molecule has 1 unspecified atom stereocenters. The van der Waals surface area contributed by atoms with Crippen LogP contribution in [-0.4, -0.2) is 56.1 Å². The molecule has 0 aromatic carbocycles. The molecule has 0 heterocycles. The Bertz CT molecular complexity index is 171. The Morgan fingerprint density at radius 3 is 2.11 bits per heavy atom. The van der Waals surface area contributed by atoms with E-state index in [-0.39, 0.29) is 0 Å². The van der Waals surface area contributed by atoms with Crippen LogP contribution in [0, 0.1) is 0 Å². The molecule has 0 spiro atoms. The Kier molecular flexibility index (Phi) is 11.9. The number of unbranched alkanes of at least 4 members (excludes halogenated alkanes) is 3. The molecule has 0 radical (unpaired) electrons. The van der Waals surface area contributed by atoms with Gasteiger partial charge in [-0.2, -0.15) is 0 Å². The van der Waals surface area contributed by atoms with E-state index in [0.717, 1.165) is 19.6 Å². The largest absolute Gasteiger partial charge is 0.329 e. The van der Waals surface area contributed by atoms with Gasteiger partial charge in [-0.25, -0.2) is 0 Å². The topological polar surface area (TPSA) is 32.5 Å². The predicted octanol–water partition coefficient (Wildman–Crippen LogP) is 2.56. The van der Waals surface area contributed by atoms with Crippen molar-refractivity contribution in [1.82, 2.24) is 9.80 Å². The molecule has 3 nitrogen and oxygen atoms in total. The fourth-order valence-electron chi connectivity index (χ4n) is 2.35. The van der Waals surface area contributed by atoms with E-state index < -0.39 is 0 Å². The van der Waals surface area contributed by atoms with Crippen molar-refractivity contribution in [3.05, 3.63) is 0 Å². The van der Waals surface area contributed by atoms with Gasteiger partial charge in [-0.3, -0.25) is 4.90 Å². The summed E-state index contributed by atoms with van der Waals surface area (Å²) in [5.74, 6) is 0. The molecule has 0 rings (SSSR count). The van der Waals surface area contributed by atoms with Gasteiger partial charge in [0.2, 0.25) is 0 Å². The van der Waals surface area contributed by atoms with Gasteiger partial charge < -0.3 is 10.6 Å². The van der Waals surface area contributed by atoms with Gasteiger partial charge in [0.05, 0.1) is 0 Å². The lowest BCUT2D eigenvalue weighted by atomic mass is 10.1. The molecular formula is C15H35N3. The molecule has 0 amide bonds. The van der Waals surface area contributed by atoms with Crippen LogP contribution < -0.4 is 5.73 Å².